The number of Topliss-reactive ketones (excluding diaryl/α,β-unsaturated/α-hetero) is 1. The normalized spacial score (nSPS) is 38.5. The molecule has 15 heavy (non-hydrogen) atoms. The van der Waals surface area contributed by atoms with Crippen LogP contribution in [-0.4, -0.2) is 29.8 Å². The van der Waals surface area contributed by atoms with Crippen molar-refractivity contribution in [3.05, 3.63) is 0 Å². The second-order valence-electron chi connectivity index (χ2n) is 5.25. The van der Waals surface area contributed by atoms with Crippen molar-refractivity contribution >= 4 is 5.78 Å². The van der Waals surface area contributed by atoms with E-state index in [0.29, 0.717) is 5.78 Å². The summed E-state index contributed by atoms with van der Waals surface area (Å²) >= 11 is 0. The molecule has 1 aliphatic heterocycles. The van der Waals surface area contributed by atoms with Gasteiger partial charge in [-0.2, -0.15) is 0 Å². The number of carbonyl (C=O) groups is 1. The lowest BCUT2D eigenvalue weighted by molar-refractivity contribution is -0.122. The standard InChI is InChI=1S/C13H23NO/c1-3-11-4-5-13(10(11)2)14-8-6-12(15)7-9-14/h10-11,13H,3-9H2,1-2H3. The van der Waals surface area contributed by atoms with E-state index >= 15 is 0 Å². The van der Waals surface area contributed by atoms with Crippen molar-refractivity contribution in [2.45, 2.75) is 52.0 Å². The number of likely N-dealkylation sites (tertiary alicyclic amines) is 1. The average Bonchev–Trinajstić information content (AvgIpc) is 2.61. The van der Waals surface area contributed by atoms with E-state index in [9.17, 15) is 4.79 Å². The molecule has 2 heteroatoms. The van der Waals surface area contributed by atoms with Crippen LogP contribution in [0.5, 0.6) is 0 Å². The Morgan fingerprint density at radius 1 is 1.27 bits per heavy atom. The molecule has 3 atom stereocenters. The van der Waals surface area contributed by atoms with Crippen LogP contribution in [-0.2, 0) is 4.79 Å². The molecule has 0 aromatic rings. The molecule has 0 aromatic carbocycles. The summed E-state index contributed by atoms with van der Waals surface area (Å²) in [6.07, 6.45) is 5.66. The van der Waals surface area contributed by atoms with Crippen LogP contribution in [0.25, 0.3) is 0 Å². The van der Waals surface area contributed by atoms with Crippen LogP contribution in [0, 0.1) is 11.8 Å². The molecular formula is C13H23NO. The van der Waals surface area contributed by atoms with Crippen molar-refractivity contribution in [3.8, 4) is 0 Å². The zero-order chi connectivity index (χ0) is 10.8. The molecule has 2 rings (SSSR count). The van der Waals surface area contributed by atoms with Gasteiger partial charge in [0.25, 0.3) is 0 Å². The Bertz CT molecular complexity index is 229. The zero-order valence-corrected chi connectivity index (χ0v) is 10.0. The molecule has 0 radical (unpaired) electrons. The van der Waals surface area contributed by atoms with E-state index in [1.165, 1.54) is 19.3 Å². The topological polar surface area (TPSA) is 20.3 Å². The van der Waals surface area contributed by atoms with Gasteiger partial charge in [0, 0.05) is 32.0 Å². The SMILES string of the molecule is CCC1CCC(N2CCC(=O)CC2)C1C. The van der Waals surface area contributed by atoms with E-state index in [-0.39, 0.29) is 0 Å². The van der Waals surface area contributed by atoms with Crippen LogP contribution in [0.15, 0.2) is 0 Å². The lowest BCUT2D eigenvalue weighted by atomic mass is 9.92. The lowest BCUT2D eigenvalue weighted by Crippen LogP contribution is -2.43. The first kappa shape index (κ1) is 11.1. The molecule has 2 nitrogen and oxygen atoms in total. The third-order valence-corrected chi connectivity index (χ3v) is 4.53. The minimum atomic E-state index is 0.462. The first-order valence-corrected chi connectivity index (χ1v) is 6.48. The Balaban J connectivity index is 1.91. The summed E-state index contributed by atoms with van der Waals surface area (Å²) in [6, 6.07) is 0.767. The molecule has 1 aliphatic carbocycles. The molecule has 0 aromatic heterocycles. The van der Waals surface area contributed by atoms with E-state index < -0.39 is 0 Å². The average molecular weight is 209 g/mol. The smallest absolute Gasteiger partial charge is 0.135 e. The number of nitrogens with zero attached hydrogens (tertiary/aromatic N) is 1. The Morgan fingerprint density at radius 2 is 1.93 bits per heavy atom. The molecule has 0 spiro atoms. The highest BCUT2D eigenvalue weighted by Crippen LogP contribution is 2.37. The fourth-order valence-electron chi connectivity index (χ4n) is 3.42. The summed E-state index contributed by atoms with van der Waals surface area (Å²) in [7, 11) is 0. The van der Waals surface area contributed by atoms with Crippen molar-refractivity contribution in [1.29, 1.82) is 0 Å². The summed E-state index contributed by atoms with van der Waals surface area (Å²) in [5, 5.41) is 0. The van der Waals surface area contributed by atoms with E-state index in [0.717, 1.165) is 43.8 Å². The van der Waals surface area contributed by atoms with Crippen molar-refractivity contribution in [2.75, 3.05) is 13.1 Å². The van der Waals surface area contributed by atoms with Crippen LogP contribution in [0.4, 0.5) is 0 Å². The summed E-state index contributed by atoms with van der Waals surface area (Å²) < 4.78 is 0. The molecule has 0 bridgehead atoms. The number of hydrogen-bond donors (Lipinski definition) is 0. The molecule has 1 heterocycles. The Hall–Kier alpha value is -0.370. The fraction of sp³-hybridized carbons (Fsp3) is 0.923. The van der Waals surface area contributed by atoms with Crippen molar-refractivity contribution in [1.82, 2.24) is 4.90 Å². The third-order valence-electron chi connectivity index (χ3n) is 4.53. The quantitative estimate of drug-likeness (QED) is 0.696. The number of hydrogen-bond acceptors (Lipinski definition) is 2. The summed E-state index contributed by atoms with van der Waals surface area (Å²) in [6.45, 7) is 6.75. The highest BCUT2D eigenvalue weighted by Gasteiger charge is 2.36. The number of carbonyl (C=O) groups excluding carboxylic acids is 1. The first-order valence-electron chi connectivity index (χ1n) is 6.48. The molecule has 86 valence electrons. The molecule has 2 fully saturated rings. The van der Waals surface area contributed by atoms with Gasteiger partial charge in [-0.25, -0.2) is 0 Å². The van der Waals surface area contributed by atoms with E-state index in [1.807, 2.05) is 0 Å². The van der Waals surface area contributed by atoms with E-state index in [4.69, 9.17) is 0 Å². The third kappa shape index (κ3) is 2.25. The first-order chi connectivity index (χ1) is 7.22. The predicted octanol–water partition coefficient (Wildman–Crippen LogP) is 2.48. The summed E-state index contributed by atoms with van der Waals surface area (Å²) in [5.74, 6) is 2.22. The highest BCUT2D eigenvalue weighted by atomic mass is 16.1. The molecule has 2 aliphatic rings. The van der Waals surface area contributed by atoms with Gasteiger partial charge in [-0.15, -0.1) is 0 Å². The molecular weight excluding hydrogens is 186 g/mol. The van der Waals surface area contributed by atoms with Gasteiger partial charge in [0.05, 0.1) is 0 Å². The second-order valence-corrected chi connectivity index (χ2v) is 5.25. The van der Waals surface area contributed by atoms with Crippen molar-refractivity contribution in [2.24, 2.45) is 11.8 Å². The molecule has 0 N–H and O–H groups in total. The van der Waals surface area contributed by atoms with Gasteiger partial charge in [-0.1, -0.05) is 20.3 Å². The van der Waals surface area contributed by atoms with Gasteiger partial charge < -0.3 is 0 Å². The van der Waals surface area contributed by atoms with E-state index in [1.54, 1.807) is 0 Å². The number of ketones is 1. The van der Waals surface area contributed by atoms with Gasteiger partial charge in [0.2, 0.25) is 0 Å². The largest absolute Gasteiger partial charge is 0.300 e. The summed E-state index contributed by atoms with van der Waals surface area (Å²) in [5.41, 5.74) is 0. The van der Waals surface area contributed by atoms with Gasteiger partial charge >= 0.3 is 0 Å². The van der Waals surface area contributed by atoms with Crippen LogP contribution in [0.2, 0.25) is 0 Å². The predicted molar refractivity (Wildman–Crippen MR) is 61.8 cm³/mol. The highest BCUT2D eigenvalue weighted by molar-refractivity contribution is 5.79. The molecule has 0 amide bonds. The van der Waals surface area contributed by atoms with Gasteiger partial charge in [0.1, 0.15) is 5.78 Å². The van der Waals surface area contributed by atoms with Crippen LogP contribution < -0.4 is 0 Å². The zero-order valence-electron chi connectivity index (χ0n) is 10.0. The number of piperidine rings is 1. The minimum absolute atomic E-state index is 0.462. The van der Waals surface area contributed by atoms with Crippen LogP contribution in [0.1, 0.15) is 46.0 Å². The van der Waals surface area contributed by atoms with Crippen molar-refractivity contribution in [3.63, 3.8) is 0 Å². The van der Waals surface area contributed by atoms with Gasteiger partial charge in [-0.05, 0) is 24.7 Å². The Labute approximate surface area is 93.0 Å². The molecule has 3 unspecified atom stereocenters. The number of rotatable bonds is 2. The maximum Gasteiger partial charge on any atom is 0.135 e. The Morgan fingerprint density at radius 3 is 2.47 bits per heavy atom. The summed E-state index contributed by atoms with van der Waals surface area (Å²) in [4.78, 5) is 13.8. The lowest BCUT2D eigenvalue weighted by Gasteiger charge is -2.35. The maximum atomic E-state index is 11.2. The molecule has 1 saturated heterocycles. The minimum Gasteiger partial charge on any atom is -0.300 e. The molecule has 1 saturated carbocycles. The van der Waals surface area contributed by atoms with Crippen LogP contribution >= 0.6 is 0 Å². The monoisotopic (exact) mass is 209 g/mol. The van der Waals surface area contributed by atoms with Crippen molar-refractivity contribution < 1.29 is 4.79 Å². The van der Waals surface area contributed by atoms with Crippen LogP contribution in [0.3, 0.4) is 0 Å². The second kappa shape index (κ2) is 4.65. The fourth-order valence-corrected chi connectivity index (χ4v) is 3.42. The van der Waals surface area contributed by atoms with Gasteiger partial charge in [-0.3, -0.25) is 9.69 Å². The Kier molecular flexibility index (Phi) is 3.45. The van der Waals surface area contributed by atoms with E-state index in [2.05, 4.69) is 18.7 Å². The maximum absolute atomic E-state index is 11.2. The van der Waals surface area contributed by atoms with Gasteiger partial charge in [0.15, 0.2) is 0 Å².